The standard InChI is InChI=1S/C42H30N2/c43-41-28-39(37-21-19-35(20-22-37)33-15-11-31(12-16-33)29-7-3-1-4-8-29)27-40(42(41)44)38-25-23-36(24-26-38)34-17-13-32(14-18-34)30-9-5-2-6-10-30/h1-28,43-44H. The SMILES string of the molecule is N=C1C=C(c2ccc(-c3ccc(-c4ccccc4)cc3)cc2)C=C(c2ccc(-c3ccc(-c4ccccc4)cc3)cc2)C1=N. The molecule has 0 unspecified atom stereocenters. The number of hydrogen-bond acceptors (Lipinski definition) is 2. The fraction of sp³-hybridized carbons (Fsp3) is 0. The van der Waals surface area contributed by atoms with E-state index in [4.69, 9.17) is 10.8 Å². The maximum atomic E-state index is 8.65. The maximum absolute atomic E-state index is 8.65. The van der Waals surface area contributed by atoms with Crippen LogP contribution in [0.2, 0.25) is 0 Å². The van der Waals surface area contributed by atoms with E-state index in [0.29, 0.717) is 0 Å². The van der Waals surface area contributed by atoms with Gasteiger partial charge in [0.15, 0.2) is 0 Å². The zero-order valence-electron chi connectivity index (χ0n) is 24.2. The molecule has 0 spiro atoms. The number of benzene rings is 6. The molecule has 1 aliphatic rings. The van der Waals surface area contributed by atoms with Crippen molar-refractivity contribution in [1.29, 1.82) is 10.8 Å². The van der Waals surface area contributed by atoms with Crippen molar-refractivity contribution in [3.63, 3.8) is 0 Å². The fourth-order valence-electron chi connectivity index (χ4n) is 5.71. The van der Waals surface area contributed by atoms with Gasteiger partial charge in [0.1, 0.15) is 0 Å². The Hall–Kier alpha value is -5.86. The fourth-order valence-corrected chi connectivity index (χ4v) is 5.71. The molecule has 0 amide bonds. The van der Waals surface area contributed by atoms with Crippen molar-refractivity contribution >= 4 is 22.6 Å². The predicted octanol–water partition coefficient (Wildman–Crippen LogP) is 10.9. The smallest absolute Gasteiger partial charge is 0.0867 e. The topological polar surface area (TPSA) is 47.7 Å². The molecule has 0 aromatic heterocycles. The summed E-state index contributed by atoms with van der Waals surface area (Å²) in [4.78, 5) is 0. The van der Waals surface area contributed by atoms with E-state index in [-0.39, 0.29) is 11.4 Å². The molecular formula is C42H30N2. The van der Waals surface area contributed by atoms with Crippen LogP contribution in [0, 0.1) is 10.8 Å². The van der Waals surface area contributed by atoms with Crippen LogP contribution in [0.3, 0.4) is 0 Å². The highest BCUT2D eigenvalue weighted by molar-refractivity contribution is 6.61. The number of hydrogen-bond donors (Lipinski definition) is 2. The monoisotopic (exact) mass is 562 g/mol. The Morgan fingerprint density at radius 1 is 0.273 bits per heavy atom. The number of rotatable bonds is 6. The molecule has 7 rings (SSSR count). The molecule has 0 saturated carbocycles. The van der Waals surface area contributed by atoms with Crippen molar-refractivity contribution in [2.75, 3.05) is 0 Å². The second kappa shape index (κ2) is 11.8. The third-order valence-corrected chi connectivity index (χ3v) is 8.20. The second-order valence-corrected chi connectivity index (χ2v) is 11.0. The molecule has 0 radical (unpaired) electrons. The minimum atomic E-state index is 0.221. The Morgan fingerprint density at radius 3 is 0.932 bits per heavy atom. The van der Waals surface area contributed by atoms with Crippen molar-refractivity contribution in [1.82, 2.24) is 0 Å². The van der Waals surface area contributed by atoms with Gasteiger partial charge in [0.25, 0.3) is 0 Å². The average Bonchev–Trinajstić information content (AvgIpc) is 3.10. The van der Waals surface area contributed by atoms with Gasteiger partial charge in [-0.2, -0.15) is 0 Å². The van der Waals surface area contributed by atoms with Crippen LogP contribution in [0.5, 0.6) is 0 Å². The third-order valence-electron chi connectivity index (χ3n) is 8.20. The molecule has 208 valence electrons. The van der Waals surface area contributed by atoms with Crippen LogP contribution in [0.25, 0.3) is 55.7 Å². The minimum absolute atomic E-state index is 0.221. The second-order valence-electron chi connectivity index (χ2n) is 11.0. The Morgan fingerprint density at radius 2 is 0.568 bits per heavy atom. The molecule has 6 aromatic rings. The lowest BCUT2D eigenvalue weighted by molar-refractivity contribution is 1.48. The van der Waals surface area contributed by atoms with Crippen LogP contribution in [0.15, 0.2) is 170 Å². The largest absolute Gasteiger partial charge is 0.299 e. The molecular weight excluding hydrogens is 532 g/mol. The van der Waals surface area contributed by atoms with Gasteiger partial charge in [-0.3, -0.25) is 10.8 Å². The quantitative estimate of drug-likeness (QED) is 0.190. The van der Waals surface area contributed by atoms with Gasteiger partial charge in [-0.1, -0.05) is 158 Å². The third kappa shape index (κ3) is 5.49. The van der Waals surface area contributed by atoms with Crippen molar-refractivity contribution in [3.8, 4) is 44.5 Å². The van der Waals surface area contributed by atoms with Crippen LogP contribution in [0.1, 0.15) is 11.1 Å². The molecule has 0 heterocycles. The summed E-state index contributed by atoms with van der Waals surface area (Å²) < 4.78 is 0. The summed E-state index contributed by atoms with van der Waals surface area (Å²) in [6, 6.07) is 54.8. The summed E-state index contributed by atoms with van der Waals surface area (Å²) in [5, 5.41) is 17.2. The molecule has 0 bridgehead atoms. The Bertz CT molecular complexity index is 2010. The first kappa shape index (κ1) is 27.0. The number of nitrogens with one attached hydrogen (secondary N) is 2. The zero-order valence-corrected chi connectivity index (χ0v) is 24.2. The van der Waals surface area contributed by atoms with Crippen LogP contribution in [-0.2, 0) is 0 Å². The van der Waals surface area contributed by atoms with E-state index in [2.05, 4.69) is 146 Å². The normalized spacial score (nSPS) is 12.9. The van der Waals surface area contributed by atoms with Gasteiger partial charge < -0.3 is 0 Å². The summed E-state index contributed by atoms with van der Waals surface area (Å²) in [5.41, 5.74) is 13.5. The van der Waals surface area contributed by atoms with E-state index < -0.39 is 0 Å². The van der Waals surface area contributed by atoms with Crippen LogP contribution < -0.4 is 0 Å². The minimum Gasteiger partial charge on any atom is -0.299 e. The van der Waals surface area contributed by atoms with E-state index in [0.717, 1.165) is 44.5 Å². The molecule has 0 saturated heterocycles. The van der Waals surface area contributed by atoms with Gasteiger partial charge >= 0.3 is 0 Å². The lowest BCUT2D eigenvalue weighted by atomic mass is 9.87. The van der Waals surface area contributed by atoms with Gasteiger partial charge in [-0.25, -0.2) is 0 Å². The first-order chi connectivity index (χ1) is 21.6. The molecule has 1 aliphatic carbocycles. The Labute approximate surface area is 258 Å². The van der Waals surface area contributed by atoms with Crippen LogP contribution in [0.4, 0.5) is 0 Å². The van der Waals surface area contributed by atoms with E-state index in [1.807, 2.05) is 18.2 Å². The molecule has 2 heteroatoms. The first-order valence-corrected chi connectivity index (χ1v) is 14.8. The summed E-state index contributed by atoms with van der Waals surface area (Å²) in [6.45, 7) is 0. The van der Waals surface area contributed by atoms with E-state index in [1.165, 1.54) is 22.3 Å². The summed E-state index contributed by atoms with van der Waals surface area (Å²) in [6.07, 6.45) is 3.83. The van der Waals surface area contributed by atoms with Gasteiger partial charge in [0.05, 0.1) is 11.4 Å². The van der Waals surface area contributed by atoms with Crippen LogP contribution >= 0.6 is 0 Å². The Balaban J connectivity index is 1.10. The molecule has 2 nitrogen and oxygen atoms in total. The first-order valence-electron chi connectivity index (χ1n) is 14.8. The highest BCUT2D eigenvalue weighted by Gasteiger charge is 2.19. The summed E-state index contributed by atoms with van der Waals surface area (Å²) in [7, 11) is 0. The van der Waals surface area contributed by atoms with Gasteiger partial charge in [0, 0.05) is 5.57 Å². The van der Waals surface area contributed by atoms with Crippen LogP contribution in [-0.4, -0.2) is 11.4 Å². The average molecular weight is 563 g/mol. The predicted molar refractivity (Wildman–Crippen MR) is 186 cm³/mol. The van der Waals surface area contributed by atoms with Crippen molar-refractivity contribution in [2.24, 2.45) is 0 Å². The maximum Gasteiger partial charge on any atom is 0.0867 e. The van der Waals surface area contributed by atoms with Crippen molar-refractivity contribution in [3.05, 3.63) is 181 Å². The lowest BCUT2D eigenvalue weighted by Crippen LogP contribution is -2.15. The highest BCUT2D eigenvalue weighted by Crippen LogP contribution is 2.32. The highest BCUT2D eigenvalue weighted by atomic mass is 14.5. The zero-order chi connectivity index (χ0) is 29.9. The molecule has 2 N–H and O–H groups in total. The van der Waals surface area contributed by atoms with Gasteiger partial charge in [-0.05, 0) is 73.4 Å². The molecule has 6 aromatic carbocycles. The molecule has 0 fully saturated rings. The molecule has 44 heavy (non-hydrogen) atoms. The van der Waals surface area contributed by atoms with Gasteiger partial charge in [0.2, 0.25) is 0 Å². The molecule has 0 aliphatic heterocycles. The Kier molecular flexibility index (Phi) is 7.24. The van der Waals surface area contributed by atoms with E-state index >= 15 is 0 Å². The van der Waals surface area contributed by atoms with E-state index in [9.17, 15) is 0 Å². The van der Waals surface area contributed by atoms with Crippen molar-refractivity contribution < 1.29 is 0 Å². The summed E-state index contributed by atoms with van der Waals surface area (Å²) >= 11 is 0. The van der Waals surface area contributed by atoms with E-state index in [1.54, 1.807) is 6.08 Å². The lowest BCUT2D eigenvalue weighted by Gasteiger charge is -2.17. The number of allylic oxidation sites excluding steroid dienone is 4. The molecule has 0 atom stereocenters. The van der Waals surface area contributed by atoms with Gasteiger partial charge in [-0.15, -0.1) is 0 Å². The van der Waals surface area contributed by atoms with Crippen molar-refractivity contribution in [2.45, 2.75) is 0 Å². The summed E-state index contributed by atoms with van der Waals surface area (Å²) in [5.74, 6) is 0.